The lowest BCUT2D eigenvalue weighted by molar-refractivity contribution is -0.605. The van der Waals surface area contributed by atoms with E-state index in [-0.39, 0.29) is 6.10 Å². The third-order valence-corrected chi connectivity index (χ3v) is 2.35. The number of benzene rings is 1. The van der Waals surface area contributed by atoms with Crippen LogP contribution in [-0.2, 0) is 0 Å². The van der Waals surface area contributed by atoms with Gasteiger partial charge in [0.1, 0.15) is 11.9 Å². The van der Waals surface area contributed by atoms with Crippen LogP contribution in [0.4, 0.5) is 0 Å². The van der Waals surface area contributed by atoms with Crippen molar-refractivity contribution in [3.63, 3.8) is 0 Å². The van der Waals surface area contributed by atoms with Gasteiger partial charge in [0.25, 0.3) is 0 Å². The van der Waals surface area contributed by atoms with Crippen LogP contribution in [0.2, 0.25) is 0 Å². The van der Waals surface area contributed by atoms with E-state index in [1.807, 2.05) is 37.3 Å². The number of rotatable bonds is 3. The maximum atomic E-state index is 10.8. The van der Waals surface area contributed by atoms with Gasteiger partial charge < -0.3 is 9.94 Å². The summed E-state index contributed by atoms with van der Waals surface area (Å²) < 4.78 is 6.44. The second kappa shape index (κ2) is 4.66. The van der Waals surface area contributed by atoms with Crippen LogP contribution >= 0.6 is 0 Å². The van der Waals surface area contributed by atoms with Gasteiger partial charge in [0.2, 0.25) is 0 Å². The normalized spacial score (nSPS) is 12.1. The summed E-state index contributed by atoms with van der Waals surface area (Å²) in [5, 5.41) is 10.8. The lowest BCUT2D eigenvalue weighted by Gasteiger charge is -2.14. The summed E-state index contributed by atoms with van der Waals surface area (Å²) in [6.45, 7) is 1.98. The minimum absolute atomic E-state index is 0.0243. The Morgan fingerprint density at radius 2 is 1.69 bits per heavy atom. The molecule has 3 nitrogen and oxygen atoms in total. The first kappa shape index (κ1) is 10.5. The van der Waals surface area contributed by atoms with Crippen LogP contribution in [0.1, 0.15) is 18.6 Å². The molecular weight excluding hydrogens is 202 g/mol. The van der Waals surface area contributed by atoms with Gasteiger partial charge in [-0.25, -0.2) is 0 Å². The number of hydrogen-bond donors (Lipinski definition) is 0. The third kappa shape index (κ3) is 2.51. The summed E-state index contributed by atoms with van der Waals surface area (Å²) >= 11 is 0. The van der Waals surface area contributed by atoms with Crippen LogP contribution in [0.15, 0.2) is 54.9 Å². The summed E-state index contributed by atoms with van der Waals surface area (Å²) in [5.74, 6) is 0.698. The molecule has 0 spiro atoms. The molecule has 0 amide bonds. The number of aromatic nitrogens is 1. The monoisotopic (exact) mass is 215 g/mol. The maximum absolute atomic E-state index is 10.8. The molecule has 2 rings (SSSR count). The molecule has 1 aromatic carbocycles. The predicted octanol–water partition coefficient (Wildman–Crippen LogP) is 2.46. The SMILES string of the molecule is CC(Oc1cc[n+]([O-])cc1)c1ccccc1. The first-order valence-corrected chi connectivity index (χ1v) is 5.16. The highest BCUT2D eigenvalue weighted by molar-refractivity contribution is 5.21. The molecular formula is C13H13NO2. The van der Waals surface area contributed by atoms with Gasteiger partial charge in [-0.3, -0.25) is 0 Å². The zero-order valence-corrected chi connectivity index (χ0v) is 9.04. The molecule has 3 heteroatoms. The van der Waals surface area contributed by atoms with E-state index < -0.39 is 0 Å². The van der Waals surface area contributed by atoms with Crippen molar-refractivity contribution in [2.24, 2.45) is 0 Å². The molecule has 1 heterocycles. The average molecular weight is 215 g/mol. The fraction of sp³-hybridized carbons (Fsp3) is 0.154. The molecule has 0 saturated carbocycles. The third-order valence-electron chi connectivity index (χ3n) is 2.35. The van der Waals surface area contributed by atoms with Crippen molar-refractivity contribution in [1.82, 2.24) is 0 Å². The number of hydrogen-bond acceptors (Lipinski definition) is 2. The van der Waals surface area contributed by atoms with Crippen LogP contribution in [0.25, 0.3) is 0 Å². The predicted molar refractivity (Wildman–Crippen MR) is 60.9 cm³/mol. The van der Waals surface area contributed by atoms with Gasteiger partial charge in [-0.1, -0.05) is 30.3 Å². The van der Waals surface area contributed by atoms with E-state index in [0.717, 1.165) is 10.3 Å². The molecule has 0 aliphatic rings. The van der Waals surface area contributed by atoms with Gasteiger partial charge in [0.15, 0.2) is 12.4 Å². The van der Waals surface area contributed by atoms with Crippen molar-refractivity contribution in [2.45, 2.75) is 13.0 Å². The molecule has 0 N–H and O–H groups in total. The van der Waals surface area contributed by atoms with Crippen molar-refractivity contribution in [2.75, 3.05) is 0 Å². The fourth-order valence-electron chi connectivity index (χ4n) is 1.47. The summed E-state index contributed by atoms with van der Waals surface area (Å²) in [7, 11) is 0. The minimum Gasteiger partial charge on any atom is -0.619 e. The van der Waals surface area contributed by atoms with Crippen molar-refractivity contribution < 1.29 is 9.47 Å². The Labute approximate surface area is 94.5 Å². The fourth-order valence-corrected chi connectivity index (χ4v) is 1.47. The van der Waals surface area contributed by atoms with Crippen molar-refractivity contribution in [3.8, 4) is 5.75 Å². The Morgan fingerprint density at radius 3 is 2.31 bits per heavy atom. The van der Waals surface area contributed by atoms with Crippen LogP contribution < -0.4 is 9.47 Å². The van der Waals surface area contributed by atoms with E-state index in [9.17, 15) is 5.21 Å². The van der Waals surface area contributed by atoms with Gasteiger partial charge in [-0.15, -0.1) is 0 Å². The molecule has 1 unspecified atom stereocenters. The molecule has 0 aliphatic carbocycles. The van der Waals surface area contributed by atoms with Crippen LogP contribution in [0.5, 0.6) is 5.75 Å². The molecule has 0 bridgehead atoms. The average Bonchev–Trinajstić information content (AvgIpc) is 2.33. The maximum Gasteiger partial charge on any atom is 0.184 e. The van der Waals surface area contributed by atoms with E-state index in [0.29, 0.717) is 5.75 Å². The molecule has 0 saturated heterocycles. The van der Waals surface area contributed by atoms with Crippen LogP contribution in [-0.4, -0.2) is 0 Å². The molecule has 0 radical (unpaired) electrons. The zero-order chi connectivity index (χ0) is 11.4. The molecule has 82 valence electrons. The summed E-state index contributed by atoms with van der Waals surface area (Å²) in [6.07, 6.45) is 2.82. The Balaban J connectivity index is 2.08. The minimum atomic E-state index is -0.0243. The second-order valence-corrected chi connectivity index (χ2v) is 3.56. The largest absolute Gasteiger partial charge is 0.619 e. The highest BCUT2D eigenvalue weighted by Crippen LogP contribution is 2.19. The molecule has 1 aromatic heterocycles. The Hall–Kier alpha value is -2.03. The van der Waals surface area contributed by atoms with Crippen molar-refractivity contribution in [1.29, 1.82) is 0 Å². The van der Waals surface area contributed by atoms with Crippen molar-refractivity contribution in [3.05, 3.63) is 65.6 Å². The molecule has 16 heavy (non-hydrogen) atoms. The standard InChI is InChI=1S/C13H13NO2/c1-11(12-5-3-2-4-6-12)16-13-7-9-14(15)10-8-13/h2-11H,1H3. The Bertz CT molecular complexity index is 439. The van der Waals surface area contributed by atoms with Gasteiger partial charge >= 0.3 is 0 Å². The van der Waals surface area contributed by atoms with Gasteiger partial charge in [-0.2, -0.15) is 4.73 Å². The lowest BCUT2D eigenvalue weighted by atomic mass is 10.1. The summed E-state index contributed by atoms with van der Waals surface area (Å²) in [6, 6.07) is 13.3. The second-order valence-electron chi connectivity index (χ2n) is 3.56. The van der Waals surface area contributed by atoms with Crippen LogP contribution in [0, 0.1) is 5.21 Å². The summed E-state index contributed by atoms with van der Waals surface area (Å²) in [5.41, 5.74) is 1.11. The topological polar surface area (TPSA) is 36.2 Å². The first-order chi connectivity index (χ1) is 7.75. The van der Waals surface area contributed by atoms with Gasteiger partial charge in [0.05, 0.1) is 0 Å². The highest BCUT2D eigenvalue weighted by Gasteiger charge is 2.06. The zero-order valence-electron chi connectivity index (χ0n) is 9.04. The first-order valence-electron chi connectivity index (χ1n) is 5.16. The number of pyridine rings is 1. The Morgan fingerprint density at radius 1 is 1.06 bits per heavy atom. The van der Waals surface area contributed by atoms with Crippen LogP contribution in [0.3, 0.4) is 0 Å². The van der Waals surface area contributed by atoms with Gasteiger partial charge in [0, 0.05) is 12.1 Å². The number of nitrogens with zero attached hydrogens (tertiary/aromatic N) is 1. The molecule has 0 aliphatic heterocycles. The number of ether oxygens (including phenoxy) is 1. The molecule has 0 fully saturated rings. The van der Waals surface area contributed by atoms with E-state index >= 15 is 0 Å². The smallest absolute Gasteiger partial charge is 0.184 e. The molecule has 1 atom stereocenters. The Kier molecular flexibility index (Phi) is 3.05. The summed E-state index contributed by atoms with van der Waals surface area (Å²) in [4.78, 5) is 0. The van der Waals surface area contributed by atoms with E-state index in [1.165, 1.54) is 12.4 Å². The molecule has 2 aromatic rings. The van der Waals surface area contributed by atoms with E-state index in [1.54, 1.807) is 12.1 Å². The quantitative estimate of drug-likeness (QED) is 0.582. The van der Waals surface area contributed by atoms with E-state index in [2.05, 4.69) is 0 Å². The highest BCUT2D eigenvalue weighted by atomic mass is 16.5. The van der Waals surface area contributed by atoms with Gasteiger partial charge in [-0.05, 0) is 12.5 Å². The lowest BCUT2D eigenvalue weighted by Crippen LogP contribution is -2.23. The van der Waals surface area contributed by atoms with Crippen molar-refractivity contribution >= 4 is 0 Å². The van der Waals surface area contributed by atoms with E-state index in [4.69, 9.17) is 4.74 Å².